The van der Waals surface area contributed by atoms with E-state index in [4.69, 9.17) is 4.74 Å². The largest absolute Gasteiger partial charge is 0.484 e. The van der Waals surface area contributed by atoms with E-state index in [0.29, 0.717) is 5.92 Å². The Kier molecular flexibility index (Phi) is 4.58. The first kappa shape index (κ1) is 10.3. The summed E-state index contributed by atoms with van der Waals surface area (Å²) in [5.41, 5.74) is 0. The van der Waals surface area contributed by atoms with Crippen molar-refractivity contribution in [2.24, 2.45) is 10.9 Å². The minimum absolute atomic E-state index is 0.475. The monoisotopic (exact) mass is 181 g/mol. The molecule has 2 nitrogen and oxygen atoms in total. The van der Waals surface area contributed by atoms with E-state index in [2.05, 4.69) is 11.6 Å². The van der Waals surface area contributed by atoms with E-state index < -0.39 is 0 Å². The number of methoxy groups -OCH3 is 1. The van der Waals surface area contributed by atoms with Crippen molar-refractivity contribution in [3.8, 4) is 0 Å². The minimum atomic E-state index is 0.475. The Morgan fingerprint density at radius 2 is 2.38 bits per heavy atom. The Hall–Kier alpha value is -0.790. The molecule has 0 amide bonds. The van der Waals surface area contributed by atoms with E-state index in [1.165, 1.54) is 25.7 Å². The van der Waals surface area contributed by atoms with Gasteiger partial charge in [0.15, 0.2) is 5.90 Å². The fraction of sp³-hybridized carbons (Fsp3) is 0.727. The summed E-state index contributed by atoms with van der Waals surface area (Å²) >= 11 is 0. The van der Waals surface area contributed by atoms with Crippen molar-refractivity contribution in [2.45, 2.75) is 32.1 Å². The van der Waals surface area contributed by atoms with Crippen LogP contribution in [0, 0.1) is 5.92 Å². The van der Waals surface area contributed by atoms with Crippen LogP contribution < -0.4 is 0 Å². The van der Waals surface area contributed by atoms with Crippen molar-refractivity contribution >= 4 is 5.90 Å². The Bertz CT molecular complexity index is 187. The lowest BCUT2D eigenvalue weighted by atomic mass is 9.96. The molecule has 1 heterocycles. The molecule has 0 aliphatic carbocycles. The molecule has 74 valence electrons. The van der Waals surface area contributed by atoms with Gasteiger partial charge in [-0.15, -0.1) is 6.58 Å². The van der Waals surface area contributed by atoms with Crippen LogP contribution in [0.4, 0.5) is 0 Å². The van der Waals surface area contributed by atoms with Crippen LogP contribution in [-0.2, 0) is 4.74 Å². The van der Waals surface area contributed by atoms with Gasteiger partial charge in [0.2, 0.25) is 0 Å². The predicted molar refractivity (Wildman–Crippen MR) is 56.1 cm³/mol. The maximum atomic E-state index is 5.29. The van der Waals surface area contributed by atoms with Crippen LogP contribution in [0.2, 0.25) is 0 Å². The molecule has 0 N–H and O–H groups in total. The Balaban J connectivity index is 2.60. The molecule has 1 aliphatic rings. The summed E-state index contributed by atoms with van der Waals surface area (Å²) < 4.78 is 5.29. The normalized spacial score (nSPS) is 28.1. The van der Waals surface area contributed by atoms with Crippen molar-refractivity contribution in [1.82, 2.24) is 0 Å². The Morgan fingerprint density at radius 1 is 1.54 bits per heavy atom. The SMILES string of the molecule is C=CCC1CCCCC/N=C\1OC. The molecule has 0 radical (unpaired) electrons. The quantitative estimate of drug-likeness (QED) is 0.600. The third kappa shape index (κ3) is 3.21. The maximum absolute atomic E-state index is 5.29. The van der Waals surface area contributed by atoms with Crippen LogP contribution in [0.25, 0.3) is 0 Å². The molecule has 0 saturated heterocycles. The number of rotatable bonds is 2. The molecule has 1 atom stereocenters. The summed E-state index contributed by atoms with van der Waals surface area (Å²) in [5, 5.41) is 0. The van der Waals surface area contributed by atoms with Crippen LogP contribution >= 0.6 is 0 Å². The van der Waals surface area contributed by atoms with Gasteiger partial charge in [0.1, 0.15) is 0 Å². The highest BCUT2D eigenvalue weighted by atomic mass is 16.5. The van der Waals surface area contributed by atoms with Crippen LogP contribution in [-0.4, -0.2) is 19.6 Å². The van der Waals surface area contributed by atoms with Gasteiger partial charge < -0.3 is 4.74 Å². The highest BCUT2D eigenvalue weighted by Crippen LogP contribution is 2.19. The number of nitrogens with zero attached hydrogens (tertiary/aromatic N) is 1. The highest BCUT2D eigenvalue weighted by Gasteiger charge is 2.16. The molecule has 0 spiro atoms. The molecular formula is C11H19NO. The van der Waals surface area contributed by atoms with Gasteiger partial charge in [-0.05, 0) is 19.3 Å². The average molecular weight is 181 g/mol. The Labute approximate surface area is 80.7 Å². The van der Waals surface area contributed by atoms with Gasteiger partial charge >= 0.3 is 0 Å². The lowest BCUT2D eigenvalue weighted by Crippen LogP contribution is -2.18. The summed E-state index contributed by atoms with van der Waals surface area (Å²) in [5.74, 6) is 1.40. The highest BCUT2D eigenvalue weighted by molar-refractivity contribution is 5.78. The number of hydrogen-bond acceptors (Lipinski definition) is 2. The van der Waals surface area contributed by atoms with Crippen LogP contribution in [0.15, 0.2) is 17.6 Å². The van der Waals surface area contributed by atoms with E-state index in [1.807, 2.05) is 6.08 Å². The van der Waals surface area contributed by atoms with E-state index in [9.17, 15) is 0 Å². The zero-order chi connectivity index (χ0) is 9.52. The number of allylic oxidation sites excluding steroid dienone is 1. The first-order valence-electron chi connectivity index (χ1n) is 5.07. The lowest BCUT2D eigenvalue weighted by Gasteiger charge is -2.18. The summed E-state index contributed by atoms with van der Waals surface area (Å²) in [7, 11) is 1.72. The third-order valence-electron chi connectivity index (χ3n) is 2.49. The molecule has 1 unspecified atom stereocenters. The summed E-state index contributed by atoms with van der Waals surface area (Å²) in [6, 6.07) is 0. The fourth-order valence-electron chi connectivity index (χ4n) is 1.77. The molecular weight excluding hydrogens is 162 g/mol. The third-order valence-corrected chi connectivity index (χ3v) is 2.49. The smallest absolute Gasteiger partial charge is 0.186 e. The summed E-state index contributed by atoms with van der Waals surface area (Å²) in [6.07, 6.45) is 7.94. The second-order valence-electron chi connectivity index (χ2n) is 3.49. The number of hydrogen-bond donors (Lipinski definition) is 0. The van der Waals surface area contributed by atoms with Crippen molar-refractivity contribution in [3.63, 3.8) is 0 Å². The molecule has 0 saturated carbocycles. The second kappa shape index (κ2) is 5.79. The average Bonchev–Trinajstić information content (AvgIpc) is 2.10. The Morgan fingerprint density at radius 3 is 3.08 bits per heavy atom. The lowest BCUT2D eigenvalue weighted by molar-refractivity contribution is 0.348. The molecule has 0 fully saturated rings. The minimum Gasteiger partial charge on any atom is -0.484 e. The molecule has 0 aromatic rings. The first-order chi connectivity index (χ1) is 6.38. The zero-order valence-electron chi connectivity index (χ0n) is 8.46. The second-order valence-corrected chi connectivity index (χ2v) is 3.49. The number of aliphatic imine (C=N–C) groups is 1. The fourth-order valence-corrected chi connectivity index (χ4v) is 1.77. The van der Waals surface area contributed by atoms with Gasteiger partial charge in [0.05, 0.1) is 7.11 Å². The maximum Gasteiger partial charge on any atom is 0.186 e. The van der Waals surface area contributed by atoms with Crippen LogP contribution in [0.3, 0.4) is 0 Å². The summed E-state index contributed by atoms with van der Waals surface area (Å²) in [6.45, 7) is 4.69. The molecule has 13 heavy (non-hydrogen) atoms. The molecule has 0 bridgehead atoms. The van der Waals surface area contributed by atoms with Crippen molar-refractivity contribution in [3.05, 3.63) is 12.7 Å². The van der Waals surface area contributed by atoms with Crippen molar-refractivity contribution in [2.75, 3.05) is 13.7 Å². The van der Waals surface area contributed by atoms with Crippen LogP contribution in [0.1, 0.15) is 32.1 Å². The zero-order valence-corrected chi connectivity index (χ0v) is 8.46. The van der Waals surface area contributed by atoms with Gasteiger partial charge in [0.25, 0.3) is 0 Å². The van der Waals surface area contributed by atoms with Crippen molar-refractivity contribution in [1.29, 1.82) is 0 Å². The van der Waals surface area contributed by atoms with Gasteiger partial charge in [-0.1, -0.05) is 18.9 Å². The van der Waals surface area contributed by atoms with Gasteiger partial charge in [-0.3, -0.25) is 4.99 Å². The van der Waals surface area contributed by atoms with Crippen LogP contribution in [0.5, 0.6) is 0 Å². The molecule has 0 aromatic heterocycles. The van der Waals surface area contributed by atoms with E-state index in [-0.39, 0.29) is 0 Å². The predicted octanol–water partition coefficient (Wildman–Crippen LogP) is 2.80. The molecule has 1 aliphatic heterocycles. The topological polar surface area (TPSA) is 21.6 Å². The molecule has 0 aromatic carbocycles. The number of ether oxygens (including phenoxy) is 1. The van der Waals surface area contributed by atoms with E-state index in [1.54, 1.807) is 7.11 Å². The molecule has 2 heteroatoms. The van der Waals surface area contributed by atoms with Crippen molar-refractivity contribution < 1.29 is 4.74 Å². The summed E-state index contributed by atoms with van der Waals surface area (Å²) in [4.78, 5) is 4.45. The van der Waals surface area contributed by atoms with Gasteiger partial charge in [-0.25, -0.2) is 0 Å². The first-order valence-corrected chi connectivity index (χ1v) is 5.07. The molecule has 1 rings (SSSR count). The van der Waals surface area contributed by atoms with E-state index in [0.717, 1.165) is 18.9 Å². The standard InChI is InChI=1S/C11H19NO/c1-3-7-10-8-5-4-6-9-12-11(10)13-2/h3,10H,1,4-9H2,2H3/b12-11+. The van der Waals surface area contributed by atoms with Gasteiger partial charge in [0, 0.05) is 12.5 Å². The van der Waals surface area contributed by atoms with E-state index >= 15 is 0 Å². The van der Waals surface area contributed by atoms with Gasteiger partial charge in [-0.2, -0.15) is 0 Å².